The zero-order valence-corrected chi connectivity index (χ0v) is 19.1. The number of halogens is 1. The second-order valence-corrected chi connectivity index (χ2v) is 14.6. The van der Waals surface area contributed by atoms with Crippen molar-refractivity contribution >= 4 is 23.6 Å². The van der Waals surface area contributed by atoms with E-state index in [1.807, 2.05) is 0 Å². The number of benzene rings is 1. The van der Waals surface area contributed by atoms with E-state index in [0.29, 0.717) is 22.9 Å². The summed E-state index contributed by atoms with van der Waals surface area (Å²) in [6, 6.07) is 11.5. The van der Waals surface area contributed by atoms with Gasteiger partial charge in [0.2, 0.25) is 0 Å². The van der Waals surface area contributed by atoms with Crippen LogP contribution in [0.2, 0.25) is 11.1 Å². The largest absolute Gasteiger partial charge is 0.197 e. The minimum atomic E-state index is -2.13. The SMILES string of the molecule is CCC(C)C(C#N)(c1cccc([Si](Cl)(C(C)C)C(C)C)c1)C(C)CC. The van der Waals surface area contributed by atoms with Gasteiger partial charge in [0, 0.05) is 0 Å². The third-order valence-electron chi connectivity index (χ3n) is 6.43. The zero-order valence-electron chi connectivity index (χ0n) is 17.4. The van der Waals surface area contributed by atoms with Crippen LogP contribution in [-0.2, 0) is 5.41 Å². The second kappa shape index (κ2) is 8.74. The van der Waals surface area contributed by atoms with Gasteiger partial charge in [-0.3, -0.25) is 0 Å². The molecule has 1 aromatic carbocycles. The number of hydrogen-bond acceptors (Lipinski definition) is 1. The van der Waals surface area contributed by atoms with Crippen molar-refractivity contribution in [1.82, 2.24) is 0 Å². The van der Waals surface area contributed by atoms with Crippen LogP contribution >= 0.6 is 11.1 Å². The van der Waals surface area contributed by atoms with Crippen LogP contribution < -0.4 is 5.19 Å². The molecule has 0 radical (unpaired) electrons. The monoisotopic (exact) mass is 377 g/mol. The van der Waals surface area contributed by atoms with Gasteiger partial charge in [0.25, 0.3) is 0 Å². The maximum absolute atomic E-state index is 10.3. The predicted molar refractivity (Wildman–Crippen MR) is 114 cm³/mol. The molecule has 3 heteroatoms. The Kier molecular flexibility index (Phi) is 7.78. The van der Waals surface area contributed by atoms with Crippen molar-refractivity contribution in [2.75, 3.05) is 0 Å². The van der Waals surface area contributed by atoms with Crippen LogP contribution in [0.15, 0.2) is 24.3 Å². The Morgan fingerprint density at radius 1 is 1.00 bits per heavy atom. The van der Waals surface area contributed by atoms with Gasteiger partial charge in [0.1, 0.15) is 0 Å². The normalized spacial score (nSPS) is 17.2. The summed E-state index contributed by atoms with van der Waals surface area (Å²) >= 11 is 7.28. The quantitative estimate of drug-likeness (QED) is 0.363. The summed E-state index contributed by atoms with van der Waals surface area (Å²) in [5, 5.41) is 11.6. The van der Waals surface area contributed by atoms with E-state index in [1.54, 1.807) is 0 Å². The molecule has 0 aliphatic heterocycles. The first-order chi connectivity index (χ1) is 11.6. The predicted octanol–water partition coefficient (Wildman–Crippen LogP) is 6.75. The maximum atomic E-state index is 10.3. The van der Waals surface area contributed by atoms with E-state index < -0.39 is 12.8 Å². The molecule has 0 aromatic heterocycles. The standard InChI is InChI=1S/C22H36ClNSi/c1-9-18(7)22(15-24,19(8)10-2)20-12-11-13-21(14-20)25(23,16(3)4)17(5)6/h11-14,16-19H,9-10H2,1-8H3. The molecule has 0 amide bonds. The molecule has 0 spiro atoms. The van der Waals surface area contributed by atoms with E-state index in [2.05, 4.69) is 85.7 Å². The Morgan fingerprint density at radius 3 is 1.84 bits per heavy atom. The van der Waals surface area contributed by atoms with Gasteiger partial charge in [-0.2, -0.15) is 16.3 Å². The Hall–Kier alpha value is -0.783. The summed E-state index contributed by atoms with van der Waals surface area (Å²) in [5.74, 6) is 0.624. The van der Waals surface area contributed by atoms with Crippen LogP contribution in [0, 0.1) is 23.2 Å². The van der Waals surface area contributed by atoms with Crippen LogP contribution in [0.1, 0.15) is 73.8 Å². The molecule has 1 nitrogen and oxygen atoms in total. The number of nitriles is 1. The minimum absolute atomic E-state index is 0.312. The average Bonchev–Trinajstić information content (AvgIpc) is 2.61. The van der Waals surface area contributed by atoms with Crippen molar-refractivity contribution in [3.8, 4) is 6.07 Å². The summed E-state index contributed by atoms with van der Waals surface area (Å²) in [7, 11) is -2.13. The molecular formula is C22H36ClNSi. The Balaban J connectivity index is 3.64. The van der Waals surface area contributed by atoms with Gasteiger partial charge in [-0.1, -0.05) is 92.5 Å². The highest BCUT2D eigenvalue weighted by Crippen LogP contribution is 2.43. The van der Waals surface area contributed by atoms with Gasteiger partial charge in [-0.05, 0) is 33.7 Å². The van der Waals surface area contributed by atoms with E-state index in [-0.39, 0.29) is 0 Å². The first-order valence-electron chi connectivity index (χ1n) is 9.83. The lowest BCUT2D eigenvalue weighted by molar-refractivity contribution is 0.248. The molecule has 2 atom stereocenters. The Bertz CT molecular complexity index is 584. The molecule has 0 bridgehead atoms. The van der Waals surface area contributed by atoms with Gasteiger partial charge in [-0.25, -0.2) is 0 Å². The van der Waals surface area contributed by atoms with Crippen LogP contribution in [0.5, 0.6) is 0 Å². The van der Waals surface area contributed by atoms with Crippen molar-refractivity contribution in [2.24, 2.45) is 11.8 Å². The fourth-order valence-corrected chi connectivity index (χ4v) is 8.08. The van der Waals surface area contributed by atoms with Gasteiger partial charge in [0.05, 0.1) is 11.5 Å². The Morgan fingerprint density at radius 2 is 1.48 bits per heavy atom. The maximum Gasteiger partial charge on any atom is 0.191 e. The number of hydrogen-bond donors (Lipinski definition) is 0. The van der Waals surface area contributed by atoms with Crippen LogP contribution in [0.4, 0.5) is 0 Å². The molecule has 0 heterocycles. The van der Waals surface area contributed by atoms with Crippen LogP contribution in [0.3, 0.4) is 0 Å². The van der Waals surface area contributed by atoms with Crippen molar-refractivity contribution < 1.29 is 0 Å². The van der Waals surface area contributed by atoms with Crippen molar-refractivity contribution in [3.63, 3.8) is 0 Å². The lowest BCUT2D eigenvalue weighted by Gasteiger charge is -2.40. The van der Waals surface area contributed by atoms with Crippen molar-refractivity contribution in [1.29, 1.82) is 5.26 Å². The fraction of sp³-hybridized carbons (Fsp3) is 0.682. The summed E-state index contributed by atoms with van der Waals surface area (Å²) < 4.78 is 0. The number of rotatable bonds is 8. The van der Waals surface area contributed by atoms with E-state index >= 15 is 0 Å². The van der Waals surface area contributed by atoms with Crippen molar-refractivity contribution in [2.45, 2.75) is 84.7 Å². The molecule has 0 saturated carbocycles. The summed E-state index contributed by atoms with van der Waals surface area (Å²) in [6.07, 6.45) is 2.00. The van der Waals surface area contributed by atoms with Gasteiger partial charge in [-0.15, -0.1) is 0 Å². The molecule has 2 unspecified atom stereocenters. The topological polar surface area (TPSA) is 23.8 Å². The minimum Gasteiger partial charge on any atom is -0.197 e. The summed E-state index contributed by atoms with van der Waals surface area (Å²) in [5.41, 5.74) is 1.62. The average molecular weight is 378 g/mol. The molecule has 140 valence electrons. The van der Waals surface area contributed by atoms with E-state index in [1.165, 1.54) is 5.19 Å². The highest BCUT2D eigenvalue weighted by molar-refractivity contribution is 7.28. The molecular weight excluding hydrogens is 342 g/mol. The molecule has 0 fully saturated rings. The number of nitrogens with zero attached hydrogens (tertiary/aromatic N) is 1. The summed E-state index contributed by atoms with van der Waals surface area (Å²) in [6.45, 7) is 17.8. The van der Waals surface area contributed by atoms with Gasteiger partial charge in [0.15, 0.2) is 7.38 Å². The third-order valence-corrected chi connectivity index (χ3v) is 14.3. The van der Waals surface area contributed by atoms with Gasteiger partial charge >= 0.3 is 0 Å². The lowest BCUT2D eigenvalue weighted by Crippen LogP contribution is -2.49. The molecule has 0 saturated heterocycles. The first-order valence-corrected chi connectivity index (χ1v) is 13.0. The zero-order chi connectivity index (χ0) is 19.4. The smallest absolute Gasteiger partial charge is 0.191 e. The molecule has 0 aliphatic rings. The van der Waals surface area contributed by atoms with Crippen LogP contribution in [0.25, 0.3) is 0 Å². The Labute approximate surface area is 161 Å². The third kappa shape index (κ3) is 3.83. The highest BCUT2D eigenvalue weighted by atomic mass is 35.6. The van der Waals surface area contributed by atoms with Crippen molar-refractivity contribution in [3.05, 3.63) is 29.8 Å². The second-order valence-electron chi connectivity index (χ2n) is 8.26. The molecule has 1 rings (SSSR count). The molecule has 25 heavy (non-hydrogen) atoms. The summed E-state index contributed by atoms with van der Waals surface area (Å²) in [4.78, 5) is 0. The first kappa shape index (κ1) is 22.3. The fourth-order valence-electron chi connectivity index (χ4n) is 4.33. The molecule has 0 aliphatic carbocycles. The van der Waals surface area contributed by atoms with E-state index in [4.69, 9.17) is 11.1 Å². The van der Waals surface area contributed by atoms with E-state index in [0.717, 1.165) is 18.4 Å². The van der Waals surface area contributed by atoms with Gasteiger partial charge < -0.3 is 0 Å². The lowest BCUT2D eigenvalue weighted by atomic mass is 9.63. The van der Waals surface area contributed by atoms with E-state index in [9.17, 15) is 5.26 Å². The molecule has 1 aromatic rings. The highest BCUT2D eigenvalue weighted by Gasteiger charge is 2.44. The molecule has 0 N–H and O–H groups in total. The van der Waals surface area contributed by atoms with Crippen LogP contribution in [-0.4, -0.2) is 7.38 Å².